The highest BCUT2D eigenvalue weighted by Gasteiger charge is 2.33. The van der Waals surface area contributed by atoms with Crippen LogP contribution in [0.15, 0.2) is 18.2 Å². The fourth-order valence-corrected chi connectivity index (χ4v) is 4.23. The van der Waals surface area contributed by atoms with Gasteiger partial charge in [0, 0.05) is 34.3 Å². The molecule has 0 spiro atoms. The number of amides is 2. The second-order valence-electron chi connectivity index (χ2n) is 8.42. The monoisotopic (exact) mass is 429 g/mol. The van der Waals surface area contributed by atoms with Crippen molar-refractivity contribution in [2.45, 2.75) is 44.5 Å². The third kappa shape index (κ3) is 5.35. The molecular formula is C23H31N3O5. The molecule has 1 fully saturated rings. The zero-order chi connectivity index (χ0) is 22.5. The lowest BCUT2D eigenvalue weighted by Crippen LogP contribution is -2.44. The van der Waals surface area contributed by atoms with Crippen LogP contribution in [-0.4, -0.2) is 80.8 Å². The first-order valence-electron chi connectivity index (χ1n) is 10.7. The molecule has 0 saturated carbocycles. The molecule has 1 saturated heterocycles. The number of hydrogen-bond donors (Lipinski definition) is 0. The highest BCUT2D eigenvalue weighted by Crippen LogP contribution is 2.27. The lowest BCUT2D eigenvalue weighted by Gasteiger charge is -2.36. The number of rotatable bonds is 1. The van der Waals surface area contributed by atoms with Crippen LogP contribution < -0.4 is 4.74 Å². The number of nitrogens with zero attached hydrogens (tertiary/aromatic N) is 3. The molecule has 2 aliphatic rings. The summed E-state index contributed by atoms with van der Waals surface area (Å²) >= 11 is 0. The number of nitriles is 1. The van der Waals surface area contributed by atoms with E-state index in [-0.39, 0.29) is 49.2 Å². The Labute approximate surface area is 183 Å². The van der Waals surface area contributed by atoms with E-state index in [1.165, 1.54) is 11.0 Å². The van der Waals surface area contributed by atoms with Gasteiger partial charge in [-0.2, -0.15) is 5.26 Å². The summed E-state index contributed by atoms with van der Waals surface area (Å²) in [6.45, 7) is 2.91. The Morgan fingerprint density at radius 2 is 1.94 bits per heavy atom. The Morgan fingerprint density at radius 3 is 2.65 bits per heavy atom. The van der Waals surface area contributed by atoms with Gasteiger partial charge in [0.2, 0.25) is 5.91 Å². The van der Waals surface area contributed by atoms with Gasteiger partial charge in [0.15, 0.2) is 0 Å². The second-order valence-corrected chi connectivity index (χ2v) is 8.42. The molecule has 168 valence electrons. The van der Waals surface area contributed by atoms with Crippen molar-refractivity contribution in [2.75, 3.05) is 40.9 Å². The highest BCUT2D eigenvalue weighted by atomic mass is 16.6. The van der Waals surface area contributed by atoms with E-state index in [4.69, 9.17) is 14.2 Å². The average Bonchev–Trinajstić information content (AvgIpc) is 2.79. The normalized spacial score (nSPS) is 28.1. The molecule has 3 rings (SSSR count). The van der Waals surface area contributed by atoms with Crippen molar-refractivity contribution < 1.29 is 23.8 Å². The Hall–Kier alpha value is -2.63. The number of fused-ring (bicyclic) bond motifs is 3. The van der Waals surface area contributed by atoms with E-state index in [1.54, 1.807) is 38.2 Å². The van der Waals surface area contributed by atoms with Gasteiger partial charge in [0.05, 0.1) is 35.3 Å². The summed E-state index contributed by atoms with van der Waals surface area (Å²) in [5.74, 6) is -0.276. The summed E-state index contributed by atoms with van der Waals surface area (Å²) in [5.41, 5.74) is 0.667. The van der Waals surface area contributed by atoms with Crippen LogP contribution in [0.3, 0.4) is 0 Å². The van der Waals surface area contributed by atoms with Gasteiger partial charge in [0.25, 0.3) is 5.91 Å². The Bertz CT molecular complexity index is 852. The van der Waals surface area contributed by atoms with Gasteiger partial charge in [0.1, 0.15) is 18.5 Å². The minimum absolute atomic E-state index is 0.0143. The lowest BCUT2D eigenvalue weighted by atomic mass is 9.99. The molecule has 0 unspecified atom stereocenters. The zero-order valence-electron chi connectivity index (χ0n) is 18.7. The van der Waals surface area contributed by atoms with Crippen molar-refractivity contribution in [3.63, 3.8) is 0 Å². The summed E-state index contributed by atoms with van der Waals surface area (Å²) in [6, 6.07) is 6.86. The maximum Gasteiger partial charge on any atom is 0.257 e. The Balaban J connectivity index is 1.94. The Morgan fingerprint density at radius 1 is 1.16 bits per heavy atom. The van der Waals surface area contributed by atoms with E-state index in [9.17, 15) is 14.9 Å². The third-order valence-corrected chi connectivity index (χ3v) is 6.08. The lowest BCUT2D eigenvalue weighted by molar-refractivity contribution is -0.146. The van der Waals surface area contributed by atoms with Gasteiger partial charge in [-0.25, -0.2) is 0 Å². The van der Waals surface area contributed by atoms with Gasteiger partial charge < -0.3 is 24.0 Å². The van der Waals surface area contributed by atoms with Crippen molar-refractivity contribution >= 4 is 11.8 Å². The largest absolute Gasteiger partial charge is 0.490 e. The molecule has 0 aromatic heterocycles. The molecule has 4 atom stereocenters. The van der Waals surface area contributed by atoms with Gasteiger partial charge >= 0.3 is 0 Å². The minimum atomic E-state index is -0.356. The van der Waals surface area contributed by atoms with Gasteiger partial charge in [-0.3, -0.25) is 9.59 Å². The smallest absolute Gasteiger partial charge is 0.257 e. The molecule has 2 bridgehead atoms. The standard InChI is InChI=1S/C23H31N3O5/c1-15-13-26(3)23(28)18-11-16(12-24)5-7-19(18)30-14-21-20(29-4)8-6-17(31-21)9-10-25(2)22(15)27/h5,7,11,15,17,20-21H,6,8-10,13-14H2,1-4H3/t15-,17+,20+,21+/m1/s1. The molecule has 31 heavy (non-hydrogen) atoms. The van der Waals surface area contributed by atoms with Crippen LogP contribution in [0.4, 0.5) is 0 Å². The number of carbonyl (C=O) groups excluding carboxylic acids is 2. The SMILES string of the molecule is CO[C@H]1CC[C@H]2CCN(C)C(=O)[C@H](C)CN(C)C(=O)c3cc(C#N)ccc3OC[C@@H]1O2. The van der Waals surface area contributed by atoms with Gasteiger partial charge in [-0.1, -0.05) is 6.92 Å². The number of methoxy groups -OCH3 is 1. The van der Waals surface area contributed by atoms with Crippen LogP contribution in [-0.2, 0) is 14.3 Å². The van der Waals surface area contributed by atoms with Crippen molar-refractivity contribution in [1.82, 2.24) is 9.80 Å². The highest BCUT2D eigenvalue weighted by molar-refractivity contribution is 5.97. The van der Waals surface area contributed by atoms with Gasteiger partial charge in [-0.15, -0.1) is 0 Å². The van der Waals surface area contributed by atoms with Crippen LogP contribution in [0.5, 0.6) is 5.75 Å². The molecular weight excluding hydrogens is 398 g/mol. The Kier molecular flexibility index (Phi) is 7.52. The van der Waals surface area contributed by atoms with Crippen LogP contribution >= 0.6 is 0 Å². The van der Waals surface area contributed by atoms with Crippen molar-refractivity contribution in [2.24, 2.45) is 5.92 Å². The van der Waals surface area contributed by atoms with E-state index in [0.29, 0.717) is 23.4 Å². The van der Waals surface area contributed by atoms with Gasteiger partial charge in [-0.05, 0) is 37.5 Å². The van der Waals surface area contributed by atoms with Crippen molar-refractivity contribution in [3.05, 3.63) is 29.3 Å². The summed E-state index contributed by atoms with van der Waals surface area (Å²) in [4.78, 5) is 29.2. The third-order valence-electron chi connectivity index (χ3n) is 6.08. The molecule has 8 nitrogen and oxygen atoms in total. The molecule has 1 aromatic rings. The first-order chi connectivity index (χ1) is 14.8. The molecule has 0 radical (unpaired) electrons. The molecule has 2 amide bonds. The predicted octanol–water partition coefficient (Wildman–Crippen LogP) is 2.07. The van der Waals surface area contributed by atoms with Crippen LogP contribution in [0.1, 0.15) is 42.1 Å². The summed E-state index contributed by atoms with van der Waals surface area (Å²) in [6.07, 6.45) is 2.05. The van der Waals surface area contributed by atoms with E-state index in [0.717, 1.165) is 19.3 Å². The fraction of sp³-hybridized carbons (Fsp3) is 0.609. The second kappa shape index (κ2) is 10.1. The molecule has 0 N–H and O–H groups in total. The molecule has 0 aliphatic carbocycles. The molecule has 2 heterocycles. The first-order valence-corrected chi connectivity index (χ1v) is 10.7. The average molecular weight is 430 g/mol. The van der Waals surface area contributed by atoms with Crippen molar-refractivity contribution in [1.29, 1.82) is 5.26 Å². The van der Waals surface area contributed by atoms with Crippen LogP contribution in [0.2, 0.25) is 0 Å². The minimum Gasteiger partial charge on any atom is -0.490 e. The number of ether oxygens (including phenoxy) is 3. The zero-order valence-corrected chi connectivity index (χ0v) is 18.7. The van der Waals surface area contributed by atoms with Crippen molar-refractivity contribution in [3.8, 4) is 11.8 Å². The summed E-state index contributed by atoms with van der Waals surface area (Å²) in [7, 11) is 5.10. The van der Waals surface area contributed by atoms with Crippen LogP contribution in [0, 0.1) is 17.2 Å². The van der Waals surface area contributed by atoms with E-state index in [2.05, 4.69) is 6.07 Å². The number of hydrogen-bond acceptors (Lipinski definition) is 6. The predicted molar refractivity (Wildman–Crippen MR) is 114 cm³/mol. The quantitative estimate of drug-likeness (QED) is 0.679. The van der Waals surface area contributed by atoms with E-state index < -0.39 is 0 Å². The fourth-order valence-electron chi connectivity index (χ4n) is 4.23. The first kappa shape index (κ1) is 23.0. The van der Waals surface area contributed by atoms with E-state index >= 15 is 0 Å². The summed E-state index contributed by atoms with van der Waals surface area (Å²) < 4.78 is 17.9. The molecule has 8 heteroatoms. The topological polar surface area (TPSA) is 92.1 Å². The number of benzene rings is 1. The maximum absolute atomic E-state index is 13.2. The molecule has 1 aromatic carbocycles. The summed E-state index contributed by atoms with van der Waals surface area (Å²) in [5, 5.41) is 9.29. The van der Waals surface area contributed by atoms with Crippen LogP contribution in [0.25, 0.3) is 0 Å². The van der Waals surface area contributed by atoms with E-state index in [1.807, 2.05) is 6.92 Å². The number of carbonyl (C=O) groups is 2. The maximum atomic E-state index is 13.2. The molecule has 2 aliphatic heterocycles.